The summed E-state index contributed by atoms with van der Waals surface area (Å²) in [5.41, 5.74) is 0. The highest BCUT2D eigenvalue weighted by atomic mass is 16.6. The van der Waals surface area contributed by atoms with Crippen molar-refractivity contribution in [3.63, 3.8) is 0 Å². The Labute approximate surface area is 92.5 Å². The van der Waals surface area contributed by atoms with Crippen LogP contribution in [0.4, 0.5) is 0 Å². The first-order valence-corrected chi connectivity index (χ1v) is 4.61. The second kappa shape index (κ2) is 6.86. The average molecular weight is 230 g/mol. The summed E-state index contributed by atoms with van der Waals surface area (Å²) < 4.78 is 4.23. The third-order valence-electron chi connectivity index (χ3n) is 1.87. The van der Waals surface area contributed by atoms with Gasteiger partial charge in [-0.2, -0.15) is 0 Å². The fourth-order valence-corrected chi connectivity index (χ4v) is 1.10. The highest BCUT2D eigenvalue weighted by molar-refractivity contribution is 6.03. The maximum absolute atomic E-state index is 11.3. The van der Waals surface area contributed by atoms with Crippen LogP contribution in [0.5, 0.6) is 0 Å². The van der Waals surface area contributed by atoms with E-state index in [0.29, 0.717) is 0 Å². The normalized spacial score (nSPS) is 13.7. The van der Waals surface area contributed by atoms with Gasteiger partial charge in [-0.3, -0.25) is 9.59 Å². The van der Waals surface area contributed by atoms with Gasteiger partial charge in [0.1, 0.15) is 11.7 Å². The maximum atomic E-state index is 11.3. The molecule has 0 saturated heterocycles. The van der Waals surface area contributed by atoms with Crippen molar-refractivity contribution in [2.45, 2.75) is 19.4 Å². The fourth-order valence-electron chi connectivity index (χ4n) is 1.10. The van der Waals surface area contributed by atoms with Gasteiger partial charge in [0.15, 0.2) is 0 Å². The molecule has 0 spiro atoms. The van der Waals surface area contributed by atoms with E-state index >= 15 is 0 Å². The number of aliphatic hydroxyl groups is 2. The minimum Gasteiger partial charge on any atom is -0.396 e. The van der Waals surface area contributed by atoms with Crippen molar-refractivity contribution < 1.29 is 29.3 Å². The summed E-state index contributed by atoms with van der Waals surface area (Å²) >= 11 is 0. The van der Waals surface area contributed by atoms with Crippen LogP contribution in [0.15, 0.2) is 12.7 Å². The van der Waals surface area contributed by atoms with Crippen molar-refractivity contribution in [1.82, 2.24) is 0 Å². The van der Waals surface area contributed by atoms with Crippen LogP contribution >= 0.6 is 0 Å². The van der Waals surface area contributed by atoms with Crippen LogP contribution in [-0.2, 0) is 19.1 Å². The Morgan fingerprint density at radius 2 is 2.00 bits per heavy atom. The van der Waals surface area contributed by atoms with E-state index in [0.717, 1.165) is 13.0 Å². The standard InChI is InChI=1S/C10H14O6/c1-3-8(14)16-10(15)9(6(2)12)7(13)4-5-11/h3,7,9,11,13H,1,4-5H2,2H3. The molecule has 0 aliphatic heterocycles. The Morgan fingerprint density at radius 1 is 1.44 bits per heavy atom. The molecule has 0 radical (unpaired) electrons. The van der Waals surface area contributed by atoms with Crippen molar-refractivity contribution in [2.75, 3.05) is 6.61 Å². The maximum Gasteiger partial charge on any atom is 0.337 e. The minimum absolute atomic E-state index is 0.151. The van der Waals surface area contributed by atoms with Gasteiger partial charge in [-0.05, 0) is 13.3 Å². The van der Waals surface area contributed by atoms with E-state index < -0.39 is 29.7 Å². The van der Waals surface area contributed by atoms with Crippen LogP contribution in [0, 0.1) is 5.92 Å². The first-order valence-electron chi connectivity index (χ1n) is 4.61. The molecule has 0 saturated carbocycles. The zero-order chi connectivity index (χ0) is 12.7. The molecule has 0 aromatic rings. The topological polar surface area (TPSA) is 101 Å². The van der Waals surface area contributed by atoms with Gasteiger partial charge in [-0.1, -0.05) is 6.58 Å². The number of hydrogen-bond acceptors (Lipinski definition) is 6. The molecule has 2 atom stereocenters. The van der Waals surface area contributed by atoms with Crippen molar-refractivity contribution in [1.29, 1.82) is 0 Å². The molecule has 6 nitrogen and oxygen atoms in total. The predicted molar refractivity (Wildman–Crippen MR) is 53.2 cm³/mol. The van der Waals surface area contributed by atoms with E-state index in [4.69, 9.17) is 5.11 Å². The second-order valence-corrected chi connectivity index (χ2v) is 3.11. The van der Waals surface area contributed by atoms with Crippen molar-refractivity contribution in [2.24, 2.45) is 5.92 Å². The Hall–Kier alpha value is -1.53. The Bertz CT molecular complexity index is 296. The lowest BCUT2D eigenvalue weighted by atomic mass is 9.96. The van der Waals surface area contributed by atoms with Crippen molar-refractivity contribution in [3.05, 3.63) is 12.7 Å². The predicted octanol–water partition coefficient (Wildman–Crippen LogP) is -0.809. The van der Waals surface area contributed by atoms with Gasteiger partial charge in [-0.15, -0.1) is 0 Å². The summed E-state index contributed by atoms with van der Waals surface area (Å²) in [6.45, 7) is 3.79. The molecule has 0 aromatic carbocycles. The van der Waals surface area contributed by atoms with E-state index in [1.165, 1.54) is 0 Å². The number of ether oxygens (including phenoxy) is 1. The molecule has 0 amide bonds. The van der Waals surface area contributed by atoms with Crippen molar-refractivity contribution >= 4 is 17.7 Å². The van der Waals surface area contributed by atoms with E-state index in [9.17, 15) is 19.5 Å². The van der Waals surface area contributed by atoms with Crippen LogP contribution in [0.3, 0.4) is 0 Å². The van der Waals surface area contributed by atoms with Crippen LogP contribution in [0.1, 0.15) is 13.3 Å². The van der Waals surface area contributed by atoms with E-state index in [1.54, 1.807) is 0 Å². The zero-order valence-corrected chi connectivity index (χ0v) is 8.88. The lowest BCUT2D eigenvalue weighted by Crippen LogP contribution is -2.36. The molecular weight excluding hydrogens is 216 g/mol. The van der Waals surface area contributed by atoms with Gasteiger partial charge in [-0.25, -0.2) is 4.79 Å². The molecule has 2 N–H and O–H groups in total. The minimum atomic E-state index is -1.46. The second-order valence-electron chi connectivity index (χ2n) is 3.11. The van der Waals surface area contributed by atoms with E-state index in [-0.39, 0.29) is 13.0 Å². The zero-order valence-electron chi connectivity index (χ0n) is 8.88. The molecule has 0 aromatic heterocycles. The van der Waals surface area contributed by atoms with Gasteiger partial charge in [0.2, 0.25) is 0 Å². The molecule has 16 heavy (non-hydrogen) atoms. The SMILES string of the molecule is C=CC(=O)OC(=O)C(C(C)=O)C(O)CCO. The summed E-state index contributed by atoms with van der Waals surface area (Å²) in [4.78, 5) is 33.1. The molecule has 90 valence electrons. The summed E-state index contributed by atoms with van der Waals surface area (Å²) in [5, 5.41) is 18.0. The van der Waals surface area contributed by atoms with E-state index in [1.807, 2.05) is 0 Å². The lowest BCUT2D eigenvalue weighted by Gasteiger charge is -2.17. The summed E-state index contributed by atoms with van der Waals surface area (Å²) in [6.07, 6.45) is -0.748. The molecule has 0 bridgehead atoms. The Balaban J connectivity index is 4.65. The molecule has 0 aliphatic carbocycles. The van der Waals surface area contributed by atoms with Crippen LogP contribution in [0.25, 0.3) is 0 Å². The fraction of sp³-hybridized carbons (Fsp3) is 0.500. The third-order valence-corrected chi connectivity index (χ3v) is 1.87. The smallest absolute Gasteiger partial charge is 0.337 e. The monoisotopic (exact) mass is 230 g/mol. The largest absolute Gasteiger partial charge is 0.396 e. The summed E-state index contributed by atoms with van der Waals surface area (Å²) in [5.74, 6) is -4.23. The van der Waals surface area contributed by atoms with Crippen molar-refractivity contribution in [3.8, 4) is 0 Å². The molecule has 0 rings (SSSR count). The summed E-state index contributed by atoms with van der Waals surface area (Å²) in [6, 6.07) is 0. The van der Waals surface area contributed by atoms with Crippen LogP contribution < -0.4 is 0 Å². The lowest BCUT2D eigenvalue weighted by molar-refractivity contribution is -0.163. The summed E-state index contributed by atoms with van der Waals surface area (Å²) in [7, 11) is 0. The molecule has 0 fully saturated rings. The molecular formula is C10H14O6. The Kier molecular flexibility index (Phi) is 6.21. The van der Waals surface area contributed by atoms with E-state index in [2.05, 4.69) is 11.3 Å². The highest BCUT2D eigenvalue weighted by Gasteiger charge is 2.33. The highest BCUT2D eigenvalue weighted by Crippen LogP contribution is 2.11. The van der Waals surface area contributed by atoms with Crippen LogP contribution in [0.2, 0.25) is 0 Å². The number of carbonyl (C=O) groups excluding carboxylic acids is 3. The van der Waals surface area contributed by atoms with Gasteiger partial charge >= 0.3 is 11.9 Å². The molecule has 0 aliphatic rings. The number of rotatable bonds is 6. The number of carbonyl (C=O) groups is 3. The number of Topliss-reactive ketones (excluding diaryl/α,β-unsaturated/α-hetero) is 1. The Morgan fingerprint density at radius 3 is 2.38 bits per heavy atom. The van der Waals surface area contributed by atoms with Crippen LogP contribution in [-0.4, -0.2) is 40.6 Å². The van der Waals surface area contributed by atoms with Gasteiger partial charge in [0, 0.05) is 12.7 Å². The number of hydrogen-bond donors (Lipinski definition) is 2. The molecule has 2 unspecified atom stereocenters. The molecule has 6 heteroatoms. The van der Waals surface area contributed by atoms with Gasteiger partial charge in [0.05, 0.1) is 6.10 Å². The van der Waals surface area contributed by atoms with Gasteiger partial charge in [0.25, 0.3) is 0 Å². The average Bonchev–Trinajstić information content (AvgIpc) is 2.17. The first kappa shape index (κ1) is 14.5. The van der Waals surface area contributed by atoms with Gasteiger partial charge < -0.3 is 14.9 Å². The number of ketones is 1. The molecule has 0 heterocycles. The quantitative estimate of drug-likeness (QED) is 0.351. The number of aliphatic hydroxyl groups excluding tert-OH is 2. The number of esters is 2. The third kappa shape index (κ3) is 4.33. The first-order chi connectivity index (χ1) is 7.43.